The third kappa shape index (κ3) is 6.34. The van der Waals surface area contributed by atoms with Crippen molar-refractivity contribution >= 4 is 23.5 Å². The van der Waals surface area contributed by atoms with Gasteiger partial charge in [0.15, 0.2) is 0 Å². The molecule has 0 radical (unpaired) electrons. The first-order valence-electron chi connectivity index (χ1n) is 10.9. The minimum absolute atomic E-state index is 0.118. The molecule has 1 heterocycles. The Bertz CT molecular complexity index is 817. The highest BCUT2D eigenvalue weighted by Crippen LogP contribution is 2.26. The molecule has 0 saturated heterocycles. The van der Waals surface area contributed by atoms with Gasteiger partial charge in [-0.3, -0.25) is 0 Å². The number of nitrogens with zero attached hydrogens (tertiary/aromatic N) is 3. The predicted octanol–water partition coefficient (Wildman–Crippen LogP) is 4.29. The van der Waals surface area contributed by atoms with Crippen molar-refractivity contribution in [3.63, 3.8) is 0 Å². The fraction of sp³-hybridized carbons (Fsp3) is 0.522. The van der Waals surface area contributed by atoms with Crippen LogP contribution in [0, 0.1) is 5.92 Å². The molecule has 1 aromatic heterocycles. The highest BCUT2D eigenvalue weighted by Gasteiger charge is 2.22. The fourth-order valence-electron chi connectivity index (χ4n) is 3.89. The van der Waals surface area contributed by atoms with Gasteiger partial charge in [0.2, 0.25) is 5.95 Å². The van der Waals surface area contributed by atoms with Gasteiger partial charge in [0.25, 0.3) is 0 Å². The summed E-state index contributed by atoms with van der Waals surface area (Å²) in [6, 6.07) is 10.2. The van der Waals surface area contributed by atoms with Gasteiger partial charge in [-0.25, -0.2) is 9.78 Å². The number of anilines is 3. The number of amides is 2. The van der Waals surface area contributed by atoms with Crippen LogP contribution >= 0.6 is 0 Å². The number of carbonyl (C=O) groups excluding carboxylic acids is 1. The zero-order valence-corrected chi connectivity index (χ0v) is 18.3. The number of rotatable bonds is 8. The summed E-state index contributed by atoms with van der Waals surface area (Å²) in [5.41, 5.74) is 2.09. The molecule has 1 fully saturated rings. The number of hydrogen-bond donors (Lipinski definition) is 3. The number of para-hydroxylation sites is 1. The fourth-order valence-corrected chi connectivity index (χ4v) is 3.89. The van der Waals surface area contributed by atoms with E-state index in [0.29, 0.717) is 24.5 Å². The van der Waals surface area contributed by atoms with Gasteiger partial charge in [-0.1, -0.05) is 31.5 Å². The lowest BCUT2D eigenvalue weighted by molar-refractivity contribution is 0.246. The van der Waals surface area contributed by atoms with Gasteiger partial charge in [-0.2, -0.15) is 4.98 Å². The van der Waals surface area contributed by atoms with Gasteiger partial charge in [0, 0.05) is 38.6 Å². The van der Waals surface area contributed by atoms with E-state index in [2.05, 4.69) is 38.9 Å². The maximum Gasteiger partial charge on any atom is 0.319 e. The summed E-state index contributed by atoms with van der Waals surface area (Å²) in [6.45, 7) is 2.86. The quantitative estimate of drug-likeness (QED) is 0.605. The van der Waals surface area contributed by atoms with Gasteiger partial charge < -0.3 is 20.9 Å². The molecule has 1 saturated carbocycles. The monoisotopic (exact) mass is 410 g/mol. The maximum absolute atomic E-state index is 12.3. The lowest BCUT2D eigenvalue weighted by Crippen LogP contribution is -2.36. The Morgan fingerprint density at radius 2 is 1.90 bits per heavy atom. The molecule has 1 aliphatic rings. The Labute approximate surface area is 179 Å². The molecule has 7 nitrogen and oxygen atoms in total. The SMILES string of the molecule is CCCc1ccccc1NC(=O)NCC1CCC(Nc2nccc(N(C)C)n2)CC1. The van der Waals surface area contributed by atoms with Crippen LogP contribution in [0.25, 0.3) is 0 Å². The van der Waals surface area contributed by atoms with Gasteiger partial charge >= 0.3 is 6.03 Å². The first-order chi connectivity index (χ1) is 14.5. The molecule has 1 aromatic carbocycles. The predicted molar refractivity (Wildman–Crippen MR) is 123 cm³/mol. The van der Waals surface area contributed by atoms with E-state index < -0.39 is 0 Å². The molecule has 3 rings (SSSR count). The van der Waals surface area contributed by atoms with E-state index >= 15 is 0 Å². The van der Waals surface area contributed by atoms with Crippen LogP contribution in [-0.2, 0) is 6.42 Å². The van der Waals surface area contributed by atoms with Crippen molar-refractivity contribution in [1.82, 2.24) is 15.3 Å². The third-order valence-electron chi connectivity index (χ3n) is 5.62. The third-order valence-corrected chi connectivity index (χ3v) is 5.62. The second-order valence-electron chi connectivity index (χ2n) is 8.24. The molecule has 0 unspecified atom stereocenters. The van der Waals surface area contributed by atoms with Crippen molar-refractivity contribution in [2.24, 2.45) is 5.92 Å². The van der Waals surface area contributed by atoms with Gasteiger partial charge in [-0.05, 0) is 55.7 Å². The lowest BCUT2D eigenvalue weighted by Gasteiger charge is -2.29. The molecule has 3 N–H and O–H groups in total. The van der Waals surface area contributed by atoms with E-state index in [0.717, 1.165) is 50.0 Å². The lowest BCUT2D eigenvalue weighted by atomic mass is 9.86. The summed E-state index contributed by atoms with van der Waals surface area (Å²) in [5, 5.41) is 9.53. The molecule has 2 amide bonds. The molecular formula is C23H34N6O. The highest BCUT2D eigenvalue weighted by molar-refractivity contribution is 5.90. The van der Waals surface area contributed by atoms with Crippen LogP contribution in [0.5, 0.6) is 0 Å². The van der Waals surface area contributed by atoms with E-state index in [9.17, 15) is 4.79 Å². The van der Waals surface area contributed by atoms with Crippen LogP contribution in [0.4, 0.5) is 22.2 Å². The van der Waals surface area contributed by atoms with Crippen molar-refractivity contribution in [1.29, 1.82) is 0 Å². The Hall–Kier alpha value is -2.83. The van der Waals surface area contributed by atoms with E-state index in [1.165, 1.54) is 5.56 Å². The van der Waals surface area contributed by atoms with Gasteiger partial charge in [0.05, 0.1) is 0 Å². The van der Waals surface area contributed by atoms with E-state index in [4.69, 9.17) is 0 Å². The second kappa shape index (κ2) is 10.8. The highest BCUT2D eigenvalue weighted by atomic mass is 16.2. The van der Waals surface area contributed by atoms with Crippen LogP contribution in [-0.4, -0.2) is 42.7 Å². The van der Waals surface area contributed by atoms with Gasteiger partial charge in [0.1, 0.15) is 5.82 Å². The molecule has 162 valence electrons. The minimum atomic E-state index is -0.118. The molecule has 0 spiro atoms. The number of urea groups is 1. The first-order valence-corrected chi connectivity index (χ1v) is 10.9. The average Bonchev–Trinajstić information content (AvgIpc) is 2.75. The number of hydrogen-bond acceptors (Lipinski definition) is 5. The first kappa shape index (κ1) is 21.9. The van der Waals surface area contributed by atoms with Crippen LogP contribution in [0.15, 0.2) is 36.5 Å². The topological polar surface area (TPSA) is 82.2 Å². The smallest absolute Gasteiger partial charge is 0.319 e. The van der Waals surface area contributed by atoms with E-state index in [1.807, 2.05) is 43.3 Å². The van der Waals surface area contributed by atoms with E-state index in [1.54, 1.807) is 6.20 Å². The second-order valence-corrected chi connectivity index (χ2v) is 8.24. The normalized spacial score (nSPS) is 18.5. The van der Waals surface area contributed by atoms with Crippen molar-refractivity contribution < 1.29 is 4.79 Å². The van der Waals surface area contributed by atoms with Crippen LogP contribution < -0.4 is 20.9 Å². The largest absolute Gasteiger partial charge is 0.363 e. The minimum Gasteiger partial charge on any atom is -0.363 e. The molecular weight excluding hydrogens is 376 g/mol. The number of aromatic nitrogens is 2. The summed E-state index contributed by atoms with van der Waals surface area (Å²) in [6.07, 6.45) is 8.09. The zero-order chi connectivity index (χ0) is 21.3. The Balaban J connectivity index is 1.41. The molecule has 0 atom stereocenters. The van der Waals surface area contributed by atoms with Crippen molar-refractivity contribution in [3.8, 4) is 0 Å². The number of benzene rings is 1. The Morgan fingerprint density at radius 1 is 1.13 bits per heavy atom. The summed E-state index contributed by atoms with van der Waals surface area (Å²) in [4.78, 5) is 23.2. The molecule has 0 aliphatic heterocycles. The Kier molecular flexibility index (Phi) is 7.88. The standard InChI is InChI=1S/C23H34N6O/c1-4-7-18-8-5-6-9-20(18)27-23(30)25-16-17-10-12-19(13-11-17)26-22-24-15-14-21(28-22)29(2)3/h5-6,8-9,14-15,17,19H,4,7,10-13,16H2,1-3H3,(H,24,26,28)(H2,25,27,30). The molecule has 0 bridgehead atoms. The van der Waals surface area contributed by atoms with Crippen molar-refractivity contribution in [2.45, 2.75) is 51.5 Å². The van der Waals surface area contributed by atoms with Crippen LogP contribution in [0.3, 0.4) is 0 Å². The van der Waals surface area contributed by atoms with Crippen LogP contribution in [0.1, 0.15) is 44.6 Å². The van der Waals surface area contributed by atoms with Crippen molar-refractivity contribution in [3.05, 3.63) is 42.1 Å². The number of carbonyl (C=O) groups is 1. The van der Waals surface area contributed by atoms with Gasteiger partial charge in [-0.15, -0.1) is 0 Å². The molecule has 30 heavy (non-hydrogen) atoms. The molecule has 7 heteroatoms. The Morgan fingerprint density at radius 3 is 2.63 bits per heavy atom. The summed E-state index contributed by atoms with van der Waals surface area (Å²) >= 11 is 0. The number of aryl methyl sites for hydroxylation is 1. The zero-order valence-electron chi connectivity index (χ0n) is 18.3. The summed E-state index contributed by atoms with van der Waals surface area (Å²) in [7, 11) is 3.95. The van der Waals surface area contributed by atoms with Crippen LogP contribution in [0.2, 0.25) is 0 Å². The summed E-state index contributed by atoms with van der Waals surface area (Å²) < 4.78 is 0. The molecule has 1 aliphatic carbocycles. The maximum atomic E-state index is 12.3. The van der Waals surface area contributed by atoms with Crippen molar-refractivity contribution in [2.75, 3.05) is 36.2 Å². The average molecular weight is 411 g/mol. The van der Waals surface area contributed by atoms with E-state index in [-0.39, 0.29) is 6.03 Å². The number of nitrogens with one attached hydrogen (secondary N) is 3. The molecule has 2 aromatic rings. The summed E-state index contributed by atoms with van der Waals surface area (Å²) in [5.74, 6) is 2.10.